The van der Waals surface area contributed by atoms with Crippen LogP contribution in [0.3, 0.4) is 0 Å². The number of hydrogen-bond acceptors (Lipinski definition) is 4. The Labute approximate surface area is 166 Å². The van der Waals surface area contributed by atoms with Crippen molar-refractivity contribution in [1.29, 1.82) is 0 Å². The van der Waals surface area contributed by atoms with Gasteiger partial charge in [-0.15, -0.1) is 35.3 Å². The molecule has 0 radical (unpaired) electrons. The number of guanidine groups is 1. The molecule has 0 atom stereocenters. The summed E-state index contributed by atoms with van der Waals surface area (Å²) in [4.78, 5) is 10.3. The molecular weight excluding hydrogens is 466 g/mol. The first-order chi connectivity index (χ1) is 11.5. The van der Waals surface area contributed by atoms with Crippen LogP contribution < -0.4 is 10.6 Å². The van der Waals surface area contributed by atoms with Crippen LogP contribution in [0.15, 0.2) is 10.4 Å². The van der Waals surface area contributed by atoms with Crippen molar-refractivity contribution in [2.75, 3.05) is 20.1 Å². The zero-order valence-electron chi connectivity index (χ0n) is 14.0. The molecule has 1 aromatic heterocycles. The highest BCUT2D eigenvalue weighted by Gasteiger charge is 2.34. The molecule has 5 nitrogen and oxygen atoms in total. The molecule has 0 bridgehead atoms. The van der Waals surface area contributed by atoms with Crippen molar-refractivity contribution in [1.82, 2.24) is 20.5 Å². The van der Waals surface area contributed by atoms with Crippen LogP contribution in [0.5, 0.6) is 0 Å². The topological polar surface area (TPSA) is 52.6 Å². The molecule has 1 aliphatic carbocycles. The lowest BCUT2D eigenvalue weighted by Crippen LogP contribution is -2.48. The van der Waals surface area contributed by atoms with Gasteiger partial charge >= 0.3 is 6.18 Å². The predicted octanol–water partition coefficient (Wildman–Crippen LogP) is 3.07. The second kappa shape index (κ2) is 8.85. The van der Waals surface area contributed by atoms with Crippen molar-refractivity contribution in [2.24, 2.45) is 4.99 Å². The minimum atomic E-state index is -4.38. The van der Waals surface area contributed by atoms with Crippen LogP contribution in [-0.4, -0.2) is 48.1 Å². The van der Waals surface area contributed by atoms with Crippen molar-refractivity contribution in [3.05, 3.63) is 16.1 Å². The van der Waals surface area contributed by atoms with Crippen molar-refractivity contribution in [2.45, 2.75) is 50.5 Å². The molecule has 2 heterocycles. The number of thiazole rings is 1. The Hall–Kier alpha value is -0.620. The fourth-order valence-electron chi connectivity index (χ4n) is 2.92. The second-order valence-corrected chi connectivity index (χ2v) is 7.18. The summed E-state index contributed by atoms with van der Waals surface area (Å²) in [6.07, 6.45) is 0.396. The van der Waals surface area contributed by atoms with E-state index in [4.69, 9.17) is 0 Å². The fraction of sp³-hybridized carbons (Fsp3) is 0.733. The first kappa shape index (κ1) is 20.7. The van der Waals surface area contributed by atoms with E-state index in [0.717, 1.165) is 48.7 Å². The summed E-state index contributed by atoms with van der Waals surface area (Å²) < 4.78 is 37.7. The van der Waals surface area contributed by atoms with E-state index in [1.165, 1.54) is 12.8 Å². The van der Waals surface area contributed by atoms with E-state index in [9.17, 15) is 13.2 Å². The Kier molecular flexibility index (Phi) is 7.32. The van der Waals surface area contributed by atoms with E-state index >= 15 is 0 Å². The molecule has 142 valence electrons. The second-order valence-electron chi connectivity index (χ2n) is 6.24. The minimum Gasteiger partial charge on any atom is -0.354 e. The largest absolute Gasteiger partial charge is 0.434 e. The van der Waals surface area contributed by atoms with Crippen LogP contribution in [0.4, 0.5) is 13.2 Å². The van der Waals surface area contributed by atoms with Gasteiger partial charge in [0, 0.05) is 37.6 Å². The van der Waals surface area contributed by atoms with Gasteiger partial charge in [-0.25, -0.2) is 4.98 Å². The maximum Gasteiger partial charge on any atom is 0.434 e. The Morgan fingerprint density at radius 3 is 2.52 bits per heavy atom. The fourth-order valence-corrected chi connectivity index (χ4v) is 3.66. The summed E-state index contributed by atoms with van der Waals surface area (Å²) in [7, 11) is 1.66. The minimum absolute atomic E-state index is 0. The third-order valence-electron chi connectivity index (χ3n) is 4.41. The first-order valence-corrected chi connectivity index (χ1v) is 9.06. The summed E-state index contributed by atoms with van der Waals surface area (Å²) in [6, 6.07) is 1.16. The number of rotatable bonds is 4. The van der Waals surface area contributed by atoms with Gasteiger partial charge in [-0.3, -0.25) is 4.99 Å². The Morgan fingerprint density at radius 2 is 2.00 bits per heavy atom. The number of aromatic nitrogens is 1. The zero-order chi connectivity index (χ0) is 17.2. The smallest absolute Gasteiger partial charge is 0.354 e. The van der Waals surface area contributed by atoms with Gasteiger partial charge in [0.15, 0.2) is 11.7 Å². The van der Waals surface area contributed by atoms with E-state index in [2.05, 4.69) is 25.5 Å². The highest BCUT2D eigenvalue weighted by Crippen LogP contribution is 2.30. The third-order valence-corrected chi connectivity index (χ3v) is 5.26. The lowest BCUT2D eigenvalue weighted by Gasteiger charge is -2.33. The van der Waals surface area contributed by atoms with Crippen LogP contribution >= 0.6 is 35.3 Å². The molecular formula is C15H23F3IN5S. The quantitative estimate of drug-likeness (QED) is 0.388. The Morgan fingerprint density at radius 1 is 1.32 bits per heavy atom. The average Bonchev–Trinajstić information content (AvgIpc) is 3.28. The van der Waals surface area contributed by atoms with Gasteiger partial charge in [-0.1, -0.05) is 0 Å². The summed E-state index contributed by atoms with van der Waals surface area (Å²) in [5.41, 5.74) is -0.834. The SMILES string of the molecule is CN=C(NCc1nc(C(F)(F)F)cs1)NC1CCN(C2CC2)CC1.I. The van der Waals surface area contributed by atoms with Crippen molar-refractivity contribution >= 4 is 41.3 Å². The third kappa shape index (κ3) is 5.95. The highest BCUT2D eigenvalue weighted by molar-refractivity contribution is 14.0. The lowest BCUT2D eigenvalue weighted by atomic mass is 10.1. The van der Waals surface area contributed by atoms with Crippen LogP contribution in [0.1, 0.15) is 36.4 Å². The molecule has 2 aliphatic rings. The molecule has 0 spiro atoms. The molecule has 1 saturated carbocycles. The highest BCUT2D eigenvalue weighted by atomic mass is 127. The number of alkyl halides is 3. The van der Waals surface area contributed by atoms with Crippen LogP contribution in [0, 0.1) is 0 Å². The molecule has 0 amide bonds. The number of halogens is 4. The molecule has 1 aromatic rings. The Bertz CT molecular complexity index is 580. The maximum atomic E-state index is 12.6. The normalized spacial score (nSPS) is 20.2. The molecule has 1 saturated heterocycles. The summed E-state index contributed by atoms with van der Waals surface area (Å²) in [6.45, 7) is 2.43. The standard InChI is InChI=1S/C15H22F3N5S.HI/c1-19-14(20-8-13-22-12(9-24-13)15(16,17)18)21-10-4-6-23(7-5-10)11-2-3-11;/h9-11H,2-8H2,1H3,(H2,19,20,21);1H. The summed E-state index contributed by atoms with van der Waals surface area (Å²) in [5, 5.41) is 7.85. The molecule has 0 unspecified atom stereocenters. The van der Waals surface area contributed by atoms with E-state index < -0.39 is 11.9 Å². The van der Waals surface area contributed by atoms with Crippen LogP contribution in [0.2, 0.25) is 0 Å². The summed E-state index contributed by atoms with van der Waals surface area (Å²) in [5.74, 6) is 0.614. The number of likely N-dealkylation sites (tertiary alicyclic amines) is 1. The number of nitrogens with one attached hydrogen (secondary N) is 2. The number of piperidine rings is 1. The van der Waals surface area contributed by atoms with Gasteiger partial charge in [0.1, 0.15) is 5.01 Å². The van der Waals surface area contributed by atoms with E-state index in [1.54, 1.807) is 7.05 Å². The molecule has 0 aromatic carbocycles. The molecule has 1 aliphatic heterocycles. The Balaban J connectivity index is 0.00000225. The maximum absolute atomic E-state index is 12.6. The van der Waals surface area contributed by atoms with Crippen molar-refractivity contribution in [3.63, 3.8) is 0 Å². The van der Waals surface area contributed by atoms with E-state index in [0.29, 0.717) is 17.0 Å². The first-order valence-electron chi connectivity index (χ1n) is 8.18. The molecule has 10 heteroatoms. The van der Waals surface area contributed by atoms with Crippen molar-refractivity contribution in [3.8, 4) is 0 Å². The van der Waals surface area contributed by atoms with Gasteiger partial charge in [-0.2, -0.15) is 13.2 Å². The van der Waals surface area contributed by atoms with Crippen LogP contribution in [0.25, 0.3) is 0 Å². The van der Waals surface area contributed by atoms with Gasteiger partial charge in [0.05, 0.1) is 6.54 Å². The zero-order valence-corrected chi connectivity index (χ0v) is 17.1. The average molecular weight is 489 g/mol. The number of aliphatic imine (C=N–C) groups is 1. The van der Waals surface area contributed by atoms with Gasteiger partial charge in [-0.05, 0) is 25.7 Å². The molecule has 3 rings (SSSR count). The lowest BCUT2D eigenvalue weighted by molar-refractivity contribution is -0.140. The molecule has 2 fully saturated rings. The van der Waals surface area contributed by atoms with E-state index in [-0.39, 0.29) is 30.5 Å². The van der Waals surface area contributed by atoms with E-state index in [1.807, 2.05) is 0 Å². The number of nitrogens with zero attached hydrogens (tertiary/aromatic N) is 3. The number of hydrogen-bond donors (Lipinski definition) is 2. The van der Waals surface area contributed by atoms with Gasteiger partial charge in [0.2, 0.25) is 0 Å². The summed E-state index contributed by atoms with van der Waals surface area (Å²) >= 11 is 1.00. The molecule has 2 N–H and O–H groups in total. The molecule has 25 heavy (non-hydrogen) atoms. The predicted molar refractivity (Wildman–Crippen MR) is 103 cm³/mol. The van der Waals surface area contributed by atoms with Crippen LogP contribution in [-0.2, 0) is 12.7 Å². The van der Waals surface area contributed by atoms with Gasteiger partial charge < -0.3 is 15.5 Å². The van der Waals surface area contributed by atoms with Gasteiger partial charge in [0.25, 0.3) is 0 Å². The monoisotopic (exact) mass is 489 g/mol. The van der Waals surface area contributed by atoms with Crippen molar-refractivity contribution < 1.29 is 13.2 Å².